The number of ketones is 1. The van der Waals surface area contributed by atoms with E-state index in [-0.39, 0.29) is 11.5 Å². The molecule has 14 heavy (non-hydrogen) atoms. The zero-order chi connectivity index (χ0) is 10.1. The second-order valence-electron chi connectivity index (χ2n) is 3.34. The Kier molecular flexibility index (Phi) is 2.33. The lowest BCUT2D eigenvalue weighted by molar-refractivity contribution is -0.722. The average Bonchev–Trinajstić information content (AvgIpc) is 2.51. The predicted octanol–water partition coefficient (Wildman–Crippen LogP) is 0.990. The Hall–Kier alpha value is -1.23. The molecule has 0 atom stereocenters. The van der Waals surface area contributed by atoms with Crippen LogP contribution < -0.4 is 4.68 Å². The van der Waals surface area contributed by atoms with Crippen LogP contribution in [0.1, 0.15) is 24.1 Å². The minimum absolute atomic E-state index is 0.0259. The van der Waals surface area contributed by atoms with Gasteiger partial charge in [-0.3, -0.25) is 4.79 Å². The molecule has 5 heteroatoms. The fourth-order valence-electron chi connectivity index (χ4n) is 1.54. The monoisotopic (exact) mass is 211 g/mol. The number of allylic oxidation sites excluding steroid dienone is 2. The Labute approximate surface area is 85.6 Å². The zero-order valence-corrected chi connectivity index (χ0v) is 8.67. The third-order valence-corrected chi connectivity index (χ3v) is 3.05. The van der Waals surface area contributed by atoms with Gasteiger partial charge in [0.05, 0.1) is 10.1 Å². The average molecular weight is 211 g/mol. The Morgan fingerprint density at radius 2 is 2.36 bits per heavy atom. The summed E-state index contributed by atoms with van der Waals surface area (Å²) >= 11 is 1.24. The summed E-state index contributed by atoms with van der Waals surface area (Å²) in [7, 11) is 1.80. The highest BCUT2D eigenvalue weighted by Gasteiger charge is 2.25. The van der Waals surface area contributed by atoms with E-state index in [1.165, 1.54) is 11.5 Å². The lowest BCUT2D eigenvalue weighted by atomic mass is 9.96. The number of hydrogen-bond acceptors (Lipinski definition) is 4. The van der Waals surface area contributed by atoms with Gasteiger partial charge in [-0.2, -0.15) is 0 Å². The normalized spacial score (nSPS) is 17.6. The Morgan fingerprint density at radius 1 is 1.57 bits per heavy atom. The Balaban J connectivity index is 2.45. The van der Waals surface area contributed by atoms with Crippen molar-refractivity contribution in [3.63, 3.8) is 0 Å². The molecule has 74 valence electrons. The van der Waals surface area contributed by atoms with Crippen LogP contribution in [0.25, 0.3) is 5.57 Å². The van der Waals surface area contributed by atoms with Crippen LogP contribution in [-0.4, -0.2) is 15.4 Å². The van der Waals surface area contributed by atoms with Crippen molar-refractivity contribution in [3.05, 3.63) is 16.8 Å². The molecule has 0 aromatic carbocycles. The summed E-state index contributed by atoms with van der Waals surface area (Å²) in [5.41, 5.74) is 0.467. The molecule has 4 nitrogen and oxygen atoms in total. The first-order valence-corrected chi connectivity index (χ1v) is 5.24. The topological polar surface area (TPSA) is 54.1 Å². The van der Waals surface area contributed by atoms with Gasteiger partial charge in [-0.25, -0.2) is 0 Å². The largest absolute Gasteiger partial charge is 0.512 e. The fraction of sp³-hybridized carbons (Fsp3) is 0.444. The van der Waals surface area contributed by atoms with Crippen molar-refractivity contribution in [2.45, 2.75) is 19.3 Å². The number of aliphatic hydroxyl groups is 1. The highest BCUT2D eigenvalue weighted by molar-refractivity contribution is 7.07. The second kappa shape index (κ2) is 3.49. The third-order valence-electron chi connectivity index (χ3n) is 2.20. The minimum atomic E-state index is 0.0259. The van der Waals surface area contributed by atoms with Crippen LogP contribution in [0.15, 0.2) is 12.0 Å². The van der Waals surface area contributed by atoms with E-state index in [0.29, 0.717) is 18.4 Å². The van der Waals surface area contributed by atoms with Crippen molar-refractivity contribution >= 4 is 22.9 Å². The van der Waals surface area contributed by atoms with Crippen molar-refractivity contribution < 1.29 is 14.6 Å². The smallest absolute Gasteiger partial charge is 0.216 e. The van der Waals surface area contributed by atoms with Crippen LogP contribution in [0.5, 0.6) is 0 Å². The number of hydrogen-bond donors (Lipinski definition) is 1. The number of aliphatic hydroxyl groups excluding tert-OH is 1. The van der Waals surface area contributed by atoms with E-state index in [1.54, 1.807) is 17.9 Å². The van der Waals surface area contributed by atoms with Crippen LogP contribution in [0, 0.1) is 0 Å². The summed E-state index contributed by atoms with van der Waals surface area (Å²) in [4.78, 5) is 12.3. The van der Waals surface area contributed by atoms with Crippen molar-refractivity contribution in [2.75, 3.05) is 0 Å². The molecule has 0 bridgehead atoms. The first-order chi connectivity index (χ1) is 6.68. The molecule has 0 unspecified atom stereocenters. The Morgan fingerprint density at radius 3 is 2.93 bits per heavy atom. The van der Waals surface area contributed by atoms with Gasteiger partial charge < -0.3 is 5.11 Å². The van der Waals surface area contributed by atoms with Crippen molar-refractivity contribution in [1.82, 2.24) is 4.49 Å². The molecule has 1 aromatic rings. The highest BCUT2D eigenvalue weighted by atomic mass is 32.1. The van der Waals surface area contributed by atoms with Crippen LogP contribution in [0.4, 0.5) is 0 Å². The number of aromatic nitrogens is 2. The van der Waals surface area contributed by atoms with E-state index in [2.05, 4.69) is 4.49 Å². The van der Waals surface area contributed by atoms with Gasteiger partial charge in [0.15, 0.2) is 12.8 Å². The molecule has 0 aliphatic heterocycles. The van der Waals surface area contributed by atoms with Crippen LogP contribution in [0.3, 0.4) is 0 Å². The maximum absolute atomic E-state index is 11.6. The van der Waals surface area contributed by atoms with E-state index in [0.717, 1.165) is 11.3 Å². The van der Waals surface area contributed by atoms with Gasteiger partial charge in [-0.1, -0.05) is 4.68 Å². The zero-order valence-electron chi connectivity index (χ0n) is 7.86. The first-order valence-electron chi connectivity index (χ1n) is 4.47. The summed E-state index contributed by atoms with van der Waals surface area (Å²) in [6.07, 6.45) is 3.64. The van der Waals surface area contributed by atoms with E-state index >= 15 is 0 Å². The van der Waals surface area contributed by atoms with Gasteiger partial charge in [0, 0.05) is 24.4 Å². The maximum atomic E-state index is 11.6. The molecule has 1 heterocycles. The van der Waals surface area contributed by atoms with Gasteiger partial charge >= 0.3 is 0 Å². The van der Waals surface area contributed by atoms with Crippen molar-refractivity contribution in [3.8, 4) is 0 Å². The molecule has 0 saturated heterocycles. The molecule has 0 amide bonds. The molecule has 0 saturated carbocycles. The van der Waals surface area contributed by atoms with Crippen molar-refractivity contribution in [1.29, 1.82) is 0 Å². The van der Waals surface area contributed by atoms with Crippen molar-refractivity contribution in [2.24, 2.45) is 7.05 Å². The lowest BCUT2D eigenvalue weighted by Gasteiger charge is -2.11. The molecule has 1 aromatic heterocycles. The minimum Gasteiger partial charge on any atom is -0.512 e. The summed E-state index contributed by atoms with van der Waals surface area (Å²) in [5.74, 6) is 0.239. The number of Topliss-reactive ketones (excluding diaryl/α,β-unsaturated/α-hetero) is 1. The number of rotatable bonds is 1. The van der Waals surface area contributed by atoms with E-state index in [1.807, 2.05) is 0 Å². The predicted molar refractivity (Wildman–Crippen MR) is 51.7 cm³/mol. The molecule has 1 aliphatic carbocycles. The van der Waals surface area contributed by atoms with Crippen LogP contribution in [-0.2, 0) is 11.8 Å². The SMILES string of the molecule is C[n+]1cc(C2=C(O)CCCC2=O)sn1. The van der Waals surface area contributed by atoms with Gasteiger partial charge in [0.1, 0.15) is 10.6 Å². The molecule has 2 rings (SSSR count). The molecular weight excluding hydrogens is 200 g/mol. The standard InChI is InChI=1S/C9H10N2O2S/c1-11-5-8(14-10-11)9-6(12)3-2-4-7(9)13/h5H,2-4H2,1H3/p+1. The fourth-order valence-corrected chi connectivity index (χ4v) is 2.33. The summed E-state index contributed by atoms with van der Waals surface area (Å²) in [5, 5.41) is 9.63. The van der Waals surface area contributed by atoms with E-state index in [4.69, 9.17) is 0 Å². The summed E-state index contributed by atoms with van der Waals surface area (Å²) in [6, 6.07) is 0. The third kappa shape index (κ3) is 1.55. The lowest BCUT2D eigenvalue weighted by Crippen LogP contribution is -2.27. The number of carbonyl (C=O) groups is 1. The number of nitrogens with zero attached hydrogens (tertiary/aromatic N) is 2. The number of aryl methyl sites for hydroxylation is 1. The molecule has 0 fully saturated rings. The molecule has 0 radical (unpaired) electrons. The highest BCUT2D eigenvalue weighted by Crippen LogP contribution is 2.28. The number of carbonyl (C=O) groups excluding carboxylic acids is 1. The van der Waals surface area contributed by atoms with Crippen LogP contribution >= 0.6 is 11.5 Å². The van der Waals surface area contributed by atoms with Crippen LogP contribution in [0.2, 0.25) is 0 Å². The summed E-state index contributed by atoms with van der Waals surface area (Å²) < 4.78 is 5.66. The van der Waals surface area contributed by atoms with Gasteiger partial charge in [0.25, 0.3) is 0 Å². The molecule has 0 spiro atoms. The van der Waals surface area contributed by atoms with E-state index < -0.39 is 0 Å². The van der Waals surface area contributed by atoms with Gasteiger partial charge in [-0.15, -0.1) is 0 Å². The molecule has 1 N–H and O–H groups in total. The Bertz CT molecular complexity index is 409. The molecular formula is C9H11N2O2S+. The van der Waals surface area contributed by atoms with Gasteiger partial charge in [0.2, 0.25) is 6.20 Å². The summed E-state index contributed by atoms with van der Waals surface area (Å²) in [6.45, 7) is 0. The maximum Gasteiger partial charge on any atom is 0.216 e. The quantitative estimate of drug-likeness (QED) is 0.705. The second-order valence-corrected chi connectivity index (χ2v) is 4.12. The van der Waals surface area contributed by atoms with Gasteiger partial charge in [-0.05, 0) is 6.42 Å². The first kappa shape index (κ1) is 9.33. The van der Waals surface area contributed by atoms with E-state index in [9.17, 15) is 9.90 Å². The molecule has 1 aliphatic rings.